The van der Waals surface area contributed by atoms with Crippen molar-refractivity contribution in [2.75, 3.05) is 37.6 Å². The highest BCUT2D eigenvalue weighted by Gasteiger charge is 2.38. The SMILES string of the molecule is COc1cc(S(C)(=O)=O)ccc1NCC#Cc1sc2c(NC3CC4CCC(C3)N4C)cccc2c1CC(F)(F)F. The van der Waals surface area contributed by atoms with Gasteiger partial charge >= 0.3 is 6.18 Å². The fourth-order valence-corrected chi connectivity index (χ4v) is 7.63. The minimum absolute atomic E-state index is 0.125. The molecule has 3 heterocycles. The van der Waals surface area contributed by atoms with Crippen molar-refractivity contribution in [3.8, 4) is 17.6 Å². The summed E-state index contributed by atoms with van der Waals surface area (Å²) in [4.78, 5) is 2.98. The first-order valence-electron chi connectivity index (χ1n) is 13.1. The van der Waals surface area contributed by atoms with Crippen LogP contribution in [-0.2, 0) is 16.3 Å². The van der Waals surface area contributed by atoms with Gasteiger partial charge in [-0.2, -0.15) is 13.2 Å². The number of sulfone groups is 1. The van der Waals surface area contributed by atoms with Gasteiger partial charge in [0.1, 0.15) is 5.75 Å². The van der Waals surface area contributed by atoms with Crippen LogP contribution in [-0.4, -0.2) is 64.6 Å². The van der Waals surface area contributed by atoms with Crippen LogP contribution in [0.2, 0.25) is 0 Å². The number of alkyl halides is 3. The Morgan fingerprint density at radius 1 is 1.12 bits per heavy atom. The van der Waals surface area contributed by atoms with Crippen molar-refractivity contribution >= 4 is 42.6 Å². The molecule has 0 radical (unpaired) electrons. The Hall–Kier alpha value is -2.94. The zero-order valence-electron chi connectivity index (χ0n) is 22.6. The second kappa shape index (κ2) is 11.1. The number of nitrogens with one attached hydrogen (secondary N) is 2. The Morgan fingerprint density at radius 2 is 1.85 bits per heavy atom. The van der Waals surface area contributed by atoms with Crippen LogP contribution in [0.5, 0.6) is 5.75 Å². The summed E-state index contributed by atoms with van der Waals surface area (Å²) < 4.78 is 70.6. The maximum atomic E-state index is 13.6. The highest BCUT2D eigenvalue weighted by molar-refractivity contribution is 7.90. The number of nitrogens with zero attached hydrogens (tertiary/aromatic N) is 1. The van der Waals surface area contributed by atoms with Gasteiger partial charge in [0.15, 0.2) is 9.84 Å². The van der Waals surface area contributed by atoms with E-state index < -0.39 is 22.4 Å². The molecule has 40 heavy (non-hydrogen) atoms. The van der Waals surface area contributed by atoms with Gasteiger partial charge in [0, 0.05) is 30.4 Å². The molecule has 0 aliphatic carbocycles. The molecule has 2 aliphatic heterocycles. The molecule has 2 fully saturated rings. The number of hydrogen-bond acceptors (Lipinski definition) is 7. The van der Waals surface area contributed by atoms with Crippen LogP contribution in [0.15, 0.2) is 41.3 Å². The van der Waals surface area contributed by atoms with E-state index in [4.69, 9.17) is 4.74 Å². The second-order valence-corrected chi connectivity index (χ2v) is 13.6. The molecule has 2 unspecified atom stereocenters. The molecule has 0 saturated carbocycles. The standard InChI is InChI=1S/C29H32F3N3O3S2/c1-35-19-9-10-20(35)15-18(14-19)34-25-7-4-6-22-23(17-29(30,31)32)27(39-28(22)25)8-5-13-33-24-12-11-21(40(3,36)37)16-26(24)38-2/h4,6-7,11-12,16,18-20,33-34H,9-10,13-15,17H2,1-3H3. The first kappa shape index (κ1) is 28.6. The van der Waals surface area contributed by atoms with Crippen LogP contribution in [0.3, 0.4) is 0 Å². The number of piperidine rings is 1. The largest absolute Gasteiger partial charge is 0.495 e. The van der Waals surface area contributed by atoms with E-state index in [0.717, 1.165) is 29.5 Å². The molecule has 214 valence electrons. The van der Waals surface area contributed by atoms with E-state index in [9.17, 15) is 21.6 Å². The third kappa shape index (κ3) is 6.19. The number of fused-ring (bicyclic) bond motifs is 3. The lowest BCUT2D eigenvalue weighted by molar-refractivity contribution is -0.126. The minimum atomic E-state index is -4.37. The lowest BCUT2D eigenvalue weighted by Crippen LogP contribution is -2.44. The molecule has 11 heteroatoms. The lowest BCUT2D eigenvalue weighted by atomic mass is 9.97. The smallest absolute Gasteiger partial charge is 0.393 e. The van der Waals surface area contributed by atoms with Crippen molar-refractivity contribution in [1.82, 2.24) is 4.90 Å². The zero-order chi connectivity index (χ0) is 28.7. The third-order valence-corrected chi connectivity index (χ3v) is 10.1. The van der Waals surface area contributed by atoms with E-state index in [1.807, 2.05) is 12.1 Å². The van der Waals surface area contributed by atoms with Gasteiger partial charge in [0.05, 0.1) is 45.9 Å². The lowest BCUT2D eigenvalue weighted by Gasteiger charge is -2.37. The van der Waals surface area contributed by atoms with E-state index in [0.29, 0.717) is 33.8 Å². The number of methoxy groups -OCH3 is 1. The maximum Gasteiger partial charge on any atom is 0.393 e. The topological polar surface area (TPSA) is 70.7 Å². The van der Waals surface area contributed by atoms with Gasteiger partial charge < -0.3 is 20.3 Å². The van der Waals surface area contributed by atoms with E-state index in [1.165, 1.54) is 43.4 Å². The quantitative estimate of drug-likeness (QED) is 0.333. The van der Waals surface area contributed by atoms with Gasteiger partial charge in [-0.15, -0.1) is 11.3 Å². The van der Waals surface area contributed by atoms with Crippen molar-refractivity contribution < 1.29 is 26.3 Å². The normalized spacial score (nSPS) is 21.2. The highest BCUT2D eigenvalue weighted by atomic mass is 32.2. The van der Waals surface area contributed by atoms with Gasteiger partial charge in [-0.25, -0.2) is 8.42 Å². The fourth-order valence-electron chi connectivity index (χ4n) is 5.82. The molecule has 5 rings (SSSR count). The fraction of sp³-hybridized carbons (Fsp3) is 0.448. The average molecular weight is 592 g/mol. The minimum Gasteiger partial charge on any atom is -0.495 e. The van der Waals surface area contributed by atoms with Crippen molar-refractivity contribution in [2.24, 2.45) is 0 Å². The molecule has 2 bridgehead atoms. The molecule has 3 aromatic rings. The summed E-state index contributed by atoms with van der Waals surface area (Å²) in [6.45, 7) is 0.137. The molecule has 1 aromatic heterocycles. The van der Waals surface area contributed by atoms with E-state index in [2.05, 4.69) is 34.4 Å². The zero-order valence-corrected chi connectivity index (χ0v) is 24.2. The van der Waals surface area contributed by atoms with Crippen LogP contribution >= 0.6 is 11.3 Å². The maximum absolute atomic E-state index is 13.6. The summed E-state index contributed by atoms with van der Waals surface area (Å²) >= 11 is 1.29. The third-order valence-electron chi connectivity index (χ3n) is 7.82. The number of halogens is 3. The number of anilines is 2. The Morgan fingerprint density at radius 3 is 2.50 bits per heavy atom. The van der Waals surface area contributed by atoms with E-state index >= 15 is 0 Å². The molecule has 2 N–H and O–H groups in total. The molecule has 2 aliphatic rings. The van der Waals surface area contributed by atoms with Crippen molar-refractivity contribution in [3.63, 3.8) is 0 Å². The molecule has 2 aromatic carbocycles. The number of ether oxygens (including phenoxy) is 1. The second-order valence-electron chi connectivity index (χ2n) is 10.5. The summed E-state index contributed by atoms with van der Waals surface area (Å²) in [5, 5.41) is 7.30. The van der Waals surface area contributed by atoms with Gasteiger partial charge in [0.2, 0.25) is 0 Å². The number of rotatable bonds is 7. The molecule has 2 atom stereocenters. The molecular weight excluding hydrogens is 559 g/mol. The molecule has 0 spiro atoms. The molecule has 2 saturated heterocycles. The van der Waals surface area contributed by atoms with Crippen molar-refractivity contribution in [3.05, 3.63) is 46.8 Å². The summed E-state index contributed by atoms with van der Waals surface area (Å²) in [7, 11) is 0.217. The van der Waals surface area contributed by atoms with Gasteiger partial charge in [-0.3, -0.25) is 0 Å². The average Bonchev–Trinajstić information content (AvgIpc) is 3.31. The van der Waals surface area contributed by atoms with Crippen LogP contribution in [0, 0.1) is 11.8 Å². The number of thiophene rings is 1. The Balaban J connectivity index is 1.39. The van der Waals surface area contributed by atoms with Gasteiger partial charge in [-0.05, 0) is 61.9 Å². The van der Waals surface area contributed by atoms with Crippen molar-refractivity contribution in [2.45, 2.75) is 61.3 Å². The van der Waals surface area contributed by atoms with Crippen LogP contribution in [0.4, 0.5) is 24.5 Å². The Bertz CT molecular complexity index is 1560. The first-order chi connectivity index (χ1) is 18.9. The summed E-state index contributed by atoms with van der Waals surface area (Å²) in [6, 6.07) is 11.4. The first-order valence-corrected chi connectivity index (χ1v) is 15.8. The number of benzene rings is 2. The number of hydrogen-bond donors (Lipinski definition) is 2. The Kier molecular flexibility index (Phi) is 7.97. The van der Waals surface area contributed by atoms with Gasteiger partial charge in [-0.1, -0.05) is 24.0 Å². The van der Waals surface area contributed by atoms with Crippen LogP contribution in [0.1, 0.15) is 36.1 Å². The van der Waals surface area contributed by atoms with Crippen LogP contribution in [0.25, 0.3) is 10.1 Å². The van der Waals surface area contributed by atoms with E-state index in [1.54, 1.807) is 12.1 Å². The molecular formula is C29H32F3N3O3S2. The summed E-state index contributed by atoms with van der Waals surface area (Å²) in [6.07, 6.45) is 0.136. The Labute approximate surface area is 236 Å². The van der Waals surface area contributed by atoms with Crippen LogP contribution < -0.4 is 15.4 Å². The predicted octanol–water partition coefficient (Wildman–Crippen LogP) is 5.92. The van der Waals surface area contributed by atoms with E-state index in [-0.39, 0.29) is 23.0 Å². The van der Waals surface area contributed by atoms with Crippen molar-refractivity contribution in [1.29, 1.82) is 0 Å². The highest BCUT2D eigenvalue weighted by Crippen LogP contribution is 2.41. The predicted molar refractivity (Wildman–Crippen MR) is 154 cm³/mol. The molecule has 0 amide bonds. The summed E-state index contributed by atoms with van der Waals surface area (Å²) in [5.74, 6) is 6.24. The van der Waals surface area contributed by atoms with Gasteiger partial charge in [0.25, 0.3) is 0 Å². The monoisotopic (exact) mass is 591 g/mol. The summed E-state index contributed by atoms with van der Waals surface area (Å²) in [5.41, 5.74) is 1.60. The molecule has 6 nitrogen and oxygen atoms in total.